The smallest absolute Gasteiger partial charge is 0.192 e. The molecule has 0 aromatic heterocycles. The van der Waals surface area contributed by atoms with Crippen molar-refractivity contribution < 1.29 is 88.7 Å². The zero-order chi connectivity index (χ0) is 95.8. The molecular weight excluding hydrogens is 1760 g/mol. The molecule has 3 aliphatic heterocycles. The van der Waals surface area contributed by atoms with E-state index in [0.717, 1.165) is 50.6 Å². The molecule has 0 N–H and O–H groups in total. The molecule has 24 atom stereocenters. The van der Waals surface area contributed by atoms with Crippen molar-refractivity contribution in [1.82, 2.24) is 0 Å². The Kier molecular flexibility index (Phi) is 29.8. The first-order chi connectivity index (χ1) is 60.2. The lowest BCUT2D eigenvalue weighted by Crippen LogP contribution is -2.68. The van der Waals surface area contributed by atoms with Gasteiger partial charge in [0.15, 0.2) is 43.8 Å². The Bertz CT molecular complexity index is 4790. The first-order valence-electron chi connectivity index (χ1n) is 47.8. The highest BCUT2D eigenvalue weighted by Crippen LogP contribution is 2.71. The van der Waals surface area contributed by atoms with Gasteiger partial charge in [-0.15, -0.1) is 0 Å². The number of ether oxygens (including phenoxy) is 9. The topological polar surface area (TPSA) is 207 Å². The fourth-order valence-corrected chi connectivity index (χ4v) is 30.0. The van der Waals surface area contributed by atoms with Gasteiger partial charge in [-0.25, -0.2) is 0 Å². The van der Waals surface area contributed by atoms with E-state index in [4.69, 9.17) is 69.5 Å². The van der Waals surface area contributed by atoms with Gasteiger partial charge < -0.3 is 69.5 Å². The van der Waals surface area contributed by atoms with Gasteiger partial charge in [0.2, 0.25) is 0 Å². The van der Waals surface area contributed by atoms with Crippen LogP contribution in [0.1, 0.15) is 252 Å². The maximum atomic E-state index is 15.1. The standard InChI is InChI=1S/C37H59O6PSi2.C34H51O6PSi.C33H49O7PSi/c1-24-27-20-29(38)36(7)30(39-23-40-44)19-18-26(22-45(8,9)10)31(36)32-37(35(27,5)6,21-28(24)43-46(11,12)34(2,3)4)42-33(41-32)25-16-14-13-15-17-25;1-21-16-17-27(36-20-37-41)33(8)26(35)18-24-22(2)25(40-42(9,10)31(3,4)5)19-34(32(24,6)7)29(28(21)33)38-30(39-34)23-14-12-11-13-15-23;1-20-22-17-25(35)32(7)26(36-19-37-41)16-15-23(34)27(32)28-33(31(22,5)6,18-24(20)40-42(8,9)30(2,3)4)39-29(38-28)21-13-11-10-12-14-21/h13-18,28,30-33H,19-23,44H2,1-12H3;11-16,25,27-30H,17-20,41H2,1-10H3;10-14,24,26-29H,15-19,41H2,1-9H3/t28-,30-,31-,32-,33-,36+,37+;25-,27-,28-,29-,30-,33+,34+;24-,26-,27-,28-,29-,32+,33+/m000/s1. The molecule has 130 heavy (non-hydrogen) atoms. The van der Waals surface area contributed by atoms with Crippen molar-refractivity contribution in [1.29, 1.82) is 0 Å². The Morgan fingerprint density at radius 1 is 0.400 bits per heavy atom. The van der Waals surface area contributed by atoms with Crippen LogP contribution < -0.4 is 0 Å². The maximum absolute atomic E-state index is 15.1. The van der Waals surface area contributed by atoms with Crippen LogP contribution in [-0.2, 0) is 88.7 Å². The number of Topliss-reactive ketones (excluding diaryl/α,β-unsaturated/α-hetero) is 4. The Hall–Kier alpha value is -3.40. The number of fused-ring (bicyclic) bond motifs is 9. The van der Waals surface area contributed by atoms with Crippen molar-refractivity contribution in [2.75, 3.05) is 20.4 Å². The van der Waals surface area contributed by atoms with E-state index >= 15 is 4.79 Å². The molecule has 3 aromatic carbocycles. The average Bonchev–Trinajstić information content (AvgIpc) is 0.822. The van der Waals surface area contributed by atoms with Crippen molar-refractivity contribution in [3.63, 3.8) is 0 Å². The summed E-state index contributed by atoms with van der Waals surface area (Å²) in [5.41, 5.74) is 5.47. The van der Waals surface area contributed by atoms with E-state index in [1.165, 1.54) is 16.7 Å². The second-order valence-corrected chi connectivity index (χ2v) is 68.6. The lowest BCUT2D eigenvalue weighted by Gasteiger charge is -2.60. The molecule has 0 radical (unpaired) electrons. The fourth-order valence-electron chi connectivity index (χ4n) is 24.2. The van der Waals surface area contributed by atoms with E-state index in [1.54, 1.807) is 0 Å². The number of rotatable bonds is 20. The quantitative estimate of drug-likeness (QED) is 0.0446. The van der Waals surface area contributed by atoms with Crippen molar-refractivity contribution in [2.24, 2.45) is 50.2 Å². The molecule has 7 fully saturated rings. The normalized spacial score (nSPS) is 36.0. The van der Waals surface area contributed by atoms with Crippen LogP contribution in [0.4, 0.5) is 0 Å². The van der Waals surface area contributed by atoms with Gasteiger partial charge in [-0.3, -0.25) is 19.2 Å². The molecule has 12 aliphatic rings. The molecule has 9 aliphatic carbocycles. The first-order valence-corrected chi connectivity index (χ1v) is 61.6. The molecule has 15 rings (SSSR count). The minimum absolute atomic E-state index is 0.00156. The molecule has 3 heterocycles. The van der Waals surface area contributed by atoms with Crippen molar-refractivity contribution in [3.05, 3.63) is 164 Å². The second-order valence-electron chi connectivity index (χ2n) is 47.8. The summed E-state index contributed by atoms with van der Waals surface area (Å²) in [5.74, 6) is -0.731. The summed E-state index contributed by atoms with van der Waals surface area (Å²) in [6.45, 7) is 69.9. The van der Waals surface area contributed by atoms with Crippen molar-refractivity contribution in [3.8, 4) is 0 Å². The zero-order valence-corrected chi connectivity index (χ0v) is 91.8. The van der Waals surface area contributed by atoms with Gasteiger partial charge in [-0.05, 0) is 145 Å². The second kappa shape index (κ2) is 37.3. The number of benzene rings is 3. The number of hydrogen-bond donors (Lipinski definition) is 0. The van der Waals surface area contributed by atoms with Gasteiger partial charge in [-0.1, -0.05) is 255 Å². The van der Waals surface area contributed by atoms with E-state index in [9.17, 15) is 14.4 Å². The zero-order valence-electron chi connectivity index (χ0n) is 84.4. The molecule has 3 aromatic rings. The number of hydrogen-bond acceptors (Lipinski definition) is 19. The highest BCUT2D eigenvalue weighted by molar-refractivity contribution is 7.10. The molecule has 720 valence electrons. The van der Waals surface area contributed by atoms with Gasteiger partial charge in [-0.2, -0.15) is 0 Å². The maximum Gasteiger partial charge on any atom is 0.192 e. The predicted molar refractivity (Wildman–Crippen MR) is 532 cm³/mol. The third-order valence-electron chi connectivity index (χ3n) is 35.4. The van der Waals surface area contributed by atoms with E-state index in [0.29, 0.717) is 57.8 Å². The van der Waals surface area contributed by atoms with Gasteiger partial charge in [0.1, 0.15) is 66.4 Å². The lowest BCUT2D eigenvalue weighted by atomic mass is 9.49. The summed E-state index contributed by atoms with van der Waals surface area (Å²) in [6, 6.07) is 31.4. The average molecular weight is 1920 g/mol. The SMILES string of the molecule is CC1=C2CC(=O)[C@]3(C)[C@@H](OCOP)CC=C(C[Si](C)(C)C)[C@H]3[C@@H]3O[C@H](c4ccccc4)O[C@@]3(C[C@@H]1O[Si](C)(C)C(C)(C)C)C2(C)C.CC1=C2CC(=O)[C@]3(C)[C@@H](OCOP)CCC(=O)[C@H]3[C@@H]3O[C@H](c4ccccc4)O[C@@]3(C[C@@H]1O[Si](C)(C)C(C)(C)C)C2(C)C.CC1=CC[C@H](OCOP)[C@@]2(C)C(=O)CC3=C(C)[C@@H](O[Si](C)(C)C(C)(C)C)C[C@]4(O[C@@H](c5ccccc5)O[C@H]4[C@H]12)C3(C)C. The van der Waals surface area contributed by atoms with Crippen LogP contribution in [0.15, 0.2) is 148 Å². The Labute approximate surface area is 790 Å². The molecule has 19 nitrogen and oxygen atoms in total. The Morgan fingerprint density at radius 3 is 1.01 bits per heavy atom. The van der Waals surface area contributed by atoms with Crippen molar-refractivity contribution >= 4 is 84.6 Å². The number of ketones is 4. The first kappa shape index (κ1) is 104. The van der Waals surface area contributed by atoms with Crippen LogP contribution in [0.25, 0.3) is 0 Å². The minimum Gasteiger partial charge on any atom is -0.410 e. The highest BCUT2D eigenvalue weighted by atomic mass is 31.0. The highest BCUT2D eigenvalue weighted by Gasteiger charge is 2.76. The molecular formula is C104H159O19P3Si4. The van der Waals surface area contributed by atoms with E-state index < -0.39 is 119 Å². The van der Waals surface area contributed by atoms with Crippen LogP contribution in [-0.4, -0.2) is 148 Å². The Balaban J connectivity index is 0.000000166. The third kappa shape index (κ3) is 18.0. The summed E-state index contributed by atoms with van der Waals surface area (Å²) in [6.07, 6.45) is 4.54. The van der Waals surface area contributed by atoms with Crippen LogP contribution in [0.2, 0.25) is 80.1 Å². The van der Waals surface area contributed by atoms with Crippen LogP contribution in [0.3, 0.4) is 0 Å². The summed E-state index contributed by atoms with van der Waals surface area (Å²) in [5, 5.41) is 0.0886. The molecule has 3 unspecified atom stereocenters. The van der Waals surface area contributed by atoms with E-state index in [2.05, 4.69) is 269 Å². The summed E-state index contributed by atoms with van der Waals surface area (Å²) < 4.78 is 99.5. The summed E-state index contributed by atoms with van der Waals surface area (Å²) in [4.78, 5) is 58.6. The van der Waals surface area contributed by atoms with Gasteiger partial charge in [0.05, 0.1) is 71.0 Å². The molecule has 26 heteroatoms. The molecule has 4 saturated carbocycles. The number of carbonyl (C=O) groups excluding carboxylic acids is 4. The largest absolute Gasteiger partial charge is 0.410 e. The minimum atomic E-state index is -2.21. The third-order valence-corrected chi connectivity index (χ3v) is 50.8. The monoisotopic (exact) mass is 1920 g/mol. The van der Waals surface area contributed by atoms with Gasteiger partial charge in [0.25, 0.3) is 0 Å². The van der Waals surface area contributed by atoms with E-state index in [1.807, 2.05) is 73.7 Å². The van der Waals surface area contributed by atoms with Crippen LogP contribution >= 0.6 is 28.4 Å². The van der Waals surface area contributed by atoms with Crippen LogP contribution in [0, 0.1) is 50.2 Å². The fraction of sp³-hybridized carbons (Fsp3) is 0.692. The molecule has 0 amide bonds. The van der Waals surface area contributed by atoms with Crippen molar-refractivity contribution in [2.45, 2.75) is 387 Å². The summed E-state index contributed by atoms with van der Waals surface area (Å²) >= 11 is 0. The molecule has 3 spiro atoms. The van der Waals surface area contributed by atoms with Crippen LogP contribution in [0.5, 0.6) is 0 Å². The lowest BCUT2D eigenvalue weighted by molar-refractivity contribution is -0.189. The summed E-state index contributed by atoms with van der Waals surface area (Å²) in [7, 11) is -1.41. The predicted octanol–water partition coefficient (Wildman–Crippen LogP) is 24.5. The Morgan fingerprint density at radius 2 is 0.692 bits per heavy atom. The molecule has 3 saturated heterocycles. The number of carbonyl (C=O) groups is 4. The van der Waals surface area contributed by atoms with Gasteiger partial charge in [0, 0.05) is 126 Å². The molecule has 6 bridgehead atoms. The van der Waals surface area contributed by atoms with E-state index in [-0.39, 0.29) is 120 Å². The van der Waals surface area contributed by atoms with Gasteiger partial charge >= 0.3 is 0 Å².